The van der Waals surface area contributed by atoms with Crippen LogP contribution in [0.4, 0.5) is 20.3 Å². The highest BCUT2D eigenvalue weighted by Gasteiger charge is 2.25. The van der Waals surface area contributed by atoms with Crippen LogP contribution < -0.4 is 25.8 Å². The van der Waals surface area contributed by atoms with Gasteiger partial charge in [0.1, 0.15) is 22.4 Å². The molecular formula is C22H28F2N6O2. The highest BCUT2D eigenvalue weighted by molar-refractivity contribution is 5.96. The number of benzene rings is 1. The molecular weight excluding hydrogens is 418 g/mol. The van der Waals surface area contributed by atoms with Crippen molar-refractivity contribution in [1.29, 1.82) is 0 Å². The number of nitrogens with one attached hydrogen (secondary N) is 2. The first-order valence-corrected chi connectivity index (χ1v) is 10.4. The van der Waals surface area contributed by atoms with Crippen molar-refractivity contribution in [2.45, 2.75) is 33.3 Å². The van der Waals surface area contributed by atoms with Crippen LogP contribution in [-0.4, -0.2) is 48.3 Å². The molecule has 1 unspecified atom stereocenters. The lowest BCUT2D eigenvalue weighted by atomic mass is 10.0. The lowest BCUT2D eigenvalue weighted by molar-refractivity contribution is 0.211. The number of hydrogen-bond acceptors (Lipinski definition) is 8. The summed E-state index contributed by atoms with van der Waals surface area (Å²) in [5.74, 6) is -1.18. The molecule has 0 radical (unpaired) electrons. The molecule has 4 N–H and O–H groups in total. The number of hydrogen-bond donors (Lipinski definition) is 3. The van der Waals surface area contributed by atoms with Crippen LogP contribution in [0, 0.1) is 18.6 Å². The van der Waals surface area contributed by atoms with E-state index >= 15 is 4.39 Å². The minimum atomic E-state index is -0.822. The van der Waals surface area contributed by atoms with Gasteiger partial charge >= 0.3 is 6.01 Å². The lowest BCUT2D eigenvalue weighted by Crippen LogP contribution is -2.19. The maximum absolute atomic E-state index is 15.8. The first-order chi connectivity index (χ1) is 15.3. The molecule has 0 aliphatic heterocycles. The van der Waals surface area contributed by atoms with Crippen LogP contribution in [0.5, 0.6) is 11.9 Å². The summed E-state index contributed by atoms with van der Waals surface area (Å²) in [5.41, 5.74) is 5.94. The number of likely N-dealkylation sites (N-methyl/N-ethyl adjacent to an activating group) is 1. The number of halogens is 2. The van der Waals surface area contributed by atoms with Gasteiger partial charge in [-0.15, -0.1) is 0 Å². The van der Waals surface area contributed by atoms with Gasteiger partial charge < -0.3 is 25.8 Å². The molecule has 3 rings (SSSR count). The fourth-order valence-electron chi connectivity index (χ4n) is 3.15. The largest absolute Gasteiger partial charge is 0.474 e. The van der Waals surface area contributed by atoms with Gasteiger partial charge in [-0.1, -0.05) is 6.92 Å². The van der Waals surface area contributed by atoms with Crippen molar-refractivity contribution in [3.63, 3.8) is 0 Å². The van der Waals surface area contributed by atoms with E-state index < -0.39 is 11.6 Å². The third-order valence-corrected chi connectivity index (χ3v) is 4.97. The molecule has 0 aliphatic rings. The zero-order valence-electron chi connectivity index (χ0n) is 18.8. The molecule has 0 saturated heterocycles. The third kappa shape index (κ3) is 4.64. The van der Waals surface area contributed by atoms with Crippen molar-refractivity contribution in [2.24, 2.45) is 0 Å². The van der Waals surface area contributed by atoms with E-state index in [1.54, 1.807) is 6.92 Å². The fourth-order valence-corrected chi connectivity index (χ4v) is 3.15. The summed E-state index contributed by atoms with van der Waals surface area (Å²) in [6.45, 7) is 6.69. The number of nitrogens with zero attached hydrogens (tertiary/aromatic N) is 3. The normalized spacial score (nSPS) is 12.1. The summed E-state index contributed by atoms with van der Waals surface area (Å²) in [7, 11) is 3.20. The number of aromatic nitrogens is 3. The molecule has 3 aromatic rings. The Kier molecular flexibility index (Phi) is 7.24. The molecule has 32 heavy (non-hydrogen) atoms. The molecule has 0 bridgehead atoms. The predicted octanol–water partition coefficient (Wildman–Crippen LogP) is 3.68. The van der Waals surface area contributed by atoms with E-state index in [1.807, 2.05) is 20.9 Å². The number of fused-ring (bicyclic) bond motifs is 1. The van der Waals surface area contributed by atoms with E-state index in [1.165, 1.54) is 19.2 Å². The highest BCUT2D eigenvalue weighted by Crippen LogP contribution is 2.38. The summed E-state index contributed by atoms with van der Waals surface area (Å²) >= 11 is 0. The number of pyridine rings is 1. The van der Waals surface area contributed by atoms with E-state index in [0.29, 0.717) is 30.9 Å². The van der Waals surface area contributed by atoms with E-state index in [9.17, 15) is 4.39 Å². The molecule has 10 heteroatoms. The topological polar surface area (TPSA) is 107 Å². The van der Waals surface area contributed by atoms with Crippen LogP contribution >= 0.6 is 0 Å². The van der Waals surface area contributed by atoms with E-state index in [0.717, 1.165) is 0 Å². The van der Waals surface area contributed by atoms with Crippen LogP contribution in [0.3, 0.4) is 0 Å². The summed E-state index contributed by atoms with van der Waals surface area (Å²) < 4.78 is 41.8. The zero-order valence-corrected chi connectivity index (χ0v) is 18.8. The van der Waals surface area contributed by atoms with Gasteiger partial charge in [-0.3, -0.25) is 0 Å². The second-order valence-corrected chi connectivity index (χ2v) is 7.44. The fraction of sp³-hybridized carbons (Fsp3) is 0.409. The van der Waals surface area contributed by atoms with Gasteiger partial charge in [0, 0.05) is 18.7 Å². The van der Waals surface area contributed by atoms with Gasteiger partial charge in [-0.2, -0.15) is 9.97 Å². The number of nitrogens with two attached hydrogens (primary N) is 1. The van der Waals surface area contributed by atoms with Gasteiger partial charge in [-0.25, -0.2) is 13.8 Å². The van der Waals surface area contributed by atoms with Gasteiger partial charge in [0.25, 0.3) is 0 Å². The van der Waals surface area contributed by atoms with Crippen LogP contribution in [0.25, 0.3) is 22.2 Å². The number of nitrogen functional groups attached to an aromatic ring is 1. The Labute approximate surface area is 185 Å². The lowest BCUT2D eigenvalue weighted by Gasteiger charge is -2.18. The molecule has 0 spiro atoms. The maximum atomic E-state index is 15.8. The number of aryl methyl sites for hydroxylation is 1. The second kappa shape index (κ2) is 9.90. The SMILES string of the molecule is CCC(C)Oc1nc(-c2cc(C)cc(N)c2F)c(F)c2nc(OC)nc(NCCNC)c12. The molecule has 172 valence electrons. The third-order valence-electron chi connectivity index (χ3n) is 4.97. The van der Waals surface area contributed by atoms with Crippen molar-refractivity contribution < 1.29 is 18.3 Å². The molecule has 8 nitrogen and oxygen atoms in total. The summed E-state index contributed by atoms with van der Waals surface area (Å²) in [4.78, 5) is 12.9. The minimum absolute atomic E-state index is 0.0424. The van der Waals surface area contributed by atoms with Crippen molar-refractivity contribution in [3.8, 4) is 23.1 Å². The predicted molar refractivity (Wildman–Crippen MR) is 121 cm³/mol. The molecule has 2 heterocycles. The Morgan fingerprint density at radius 1 is 1.12 bits per heavy atom. The van der Waals surface area contributed by atoms with Crippen LogP contribution in [0.2, 0.25) is 0 Å². The van der Waals surface area contributed by atoms with Crippen molar-refractivity contribution in [2.75, 3.05) is 38.3 Å². The number of methoxy groups -OCH3 is 1. The summed E-state index contributed by atoms with van der Waals surface area (Å²) in [6, 6.07) is 2.92. The average molecular weight is 447 g/mol. The first-order valence-electron chi connectivity index (χ1n) is 10.4. The molecule has 2 aromatic heterocycles. The summed E-state index contributed by atoms with van der Waals surface area (Å²) in [5, 5.41) is 6.41. The Hall–Kier alpha value is -3.27. The van der Waals surface area contributed by atoms with Gasteiger partial charge in [0.2, 0.25) is 5.88 Å². The smallest absolute Gasteiger partial charge is 0.318 e. The molecule has 0 fully saturated rings. The standard InChI is InChI=1S/C22H28F2N6O2/c1-6-12(3)32-21-15-19(29-22(31-5)30-20(15)27-8-7-26-4)17(24)18(28-21)13-9-11(2)10-14(25)16(13)23/h9-10,12,26H,6-8,25H2,1-5H3,(H,27,29,30). The van der Waals surface area contributed by atoms with Crippen molar-refractivity contribution in [3.05, 3.63) is 29.3 Å². The summed E-state index contributed by atoms with van der Waals surface area (Å²) in [6.07, 6.45) is 0.449. The molecule has 1 atom stereocenters. The Bertz CT molecular complexity index is 1130. The molecule has 0 aliphatic carbocycles. The van der Waals surface area contributed by atoms with E-state index in [2.05, 4.69) is 25.6 Å². The molecule has 0 amide bonds. The maximum Gasteiger partial charge on any atom is 0.318 e. The minimum Gasteiger partial charge on any atom is -0.474 e. The average Bonchev–Trinajstić information content (AvgIpc) is 2.77. The van der Waals surface area contributed by atoms with E-state index in [-0.39, 0.29) is 45.8 Å². The number of ether oxygens (including phenoxy) is 2. The monoisotopic (exact) mass is 446 g/mol. The van der Waals surface area contributed by atoms with Crippen LogP contribution in [0.1, 0.15) is 25.8 Å². The highest BCUT2D eigenvalue weighted by atomic mass is 19.1. The van der Waals surface area contributed by atoms with Crippen LogP contribution in [-0.2, 0) is 0 Å². The quantitative estimate of drug-likeness (QED) is 0.338. The number of rotatable bonds is 9. The van der Waals surface area contributed by atoms with E-state index in [4.69, 9.17) is 15.2 Å². The molecule has 0 saturated carbocycles. The van der Waals surface area contributed by atoms with Gasteiger partial charge in [0.15, 0.2) is 11.6 Å². The van der Waals surface area contributed by atoms with Gasteiger partial charge in [0.05, 0.1) is 18.9 Å². The van der Waals surface area contributed by atoms with Crippen molar-refractivity contribution in [1.82, 2.24) is 20.3 Å². The Morgan fingerprint density at radius 2 is 1.88 bits per heavy atom. The second-order valence-electron chi connectivity index (χ2n) is 7.44. The van der Waals surface area contributed by atoms with Crippen molar-refractivity contribution >= 4 is 22.4 Å². The van der Waals surface area contributed by atoms with Crippen LogP contribution in [0.15, 0.2) is 12.1 Å². The Morgan fingerprint density at radius 3 is 2.53 bits per heavy atom. The number of anilines is 2. The zero-order chi connectivity index (χ0) is 23.4. The Balaban J connectivity index is 2.35. The first kappa shape index (κ1) is 23.4. The van der Waals surface area contributed by atoms with Gasteiger partial charge in [-0.05, 0) is 45.0 Å². The molecule has 1 aromatic carbocycles.